The van der Waals surface area contributed by atoms with Crippen molar-refractivity contribution >= 4 is 22.6 Å². The van der Waals surface area contributed by atoms with E-state index >= 15 is 0 Å². The Kier molecular flexibility index (Phi) is 3.79. The van der Waals surface area contributed by atoms with Gasteiger partial charge in [-0.3, -0.25) is 0 Å². The van der Waals surface area contributed by atoms with Crippen molar-refractivity contribution < 1.29 is 4.39 Å². The topological polar surface area (TPSA) is 28.7 Å². The van der Waals surface area contributed by atoms with E-state index in [1.807, 2.05) is 60.7 Å². The molecule has 0 atom stereocenters. The molecular formula is C20H14ClFN2. The van der Waals surface area contributed by atoms with Gasteiger partial charge in [0.05, 0.1) is 10.5 Å². The third-order valence-electron chi connectivity index (χ3n) is 4.00. The molecule has 0 fully saturated rings. The summed E-state index contributed by atoms with van der Waals surface area (Å²) in [7, 11) is 0. The zero-order chi connectivity index (χ0) is 16.5. The van der Waals surface area contributed by atoms with E-state index in [1.54, 1.807) is 0 Å². The van der Waals surface area contributed by atoms with Crippen LogP contribution in [0.15, 0.2) is 66.7 Å². The largest absolute Gasteiger partial charge is 0.341 e. The molecule has 1 heterocycles. The van der Waals surface area contributed by atoms with Gasteiger partial charge in [0.15, 0.2) is 0 Å². The molecule has 0 spiro atoms. The van der Waals surface area contributed by atoms with E-state index in [9.17, 15) is 4.39 Å². The molecule has 0 aliphatic carbocycles. The SMILES string of the molecule is Fc1cc(Cl)c2nc(Cc3ccccc3)[nH]c2c1-c1ccccc1. The van der Waals surface area contributed by atoms with Gasteiger partial charge in [-0.05, 0) is 17.2 Å². The first-order valence-electron chi connectivity index (χ1n) is 7.68. The number of fused-ring (bicyclic) bond motifs is 1. The van der Waals surface area contributed by atoms with Gasteiger partial charge >= 0.3 is 0 Å². The van der Waals surface area contributed by atoms with Crippen molar-refractivity contribution in [2.24, 2.45) is 0 Å². The van der Waals surface area contributed by atoms with Gasteiger partial charge in [-0.2, -0.15) is 0 Å². The number of aromatic amines is 1. The van der Waals surface area contributed by atoms with Crippen LogP contribution in [0.4, 0.5) is 4.39 Å². The summed E-state index contributed by atoms with van der Waals surface area (Å²) in [5, 5.41) is 0.317. The van der Waals surface area contributed by atoms with E-state index in [0.717, 1.165) is 17.0 Å². The Hall–Kier alpha value is -2.65. The van der Waals surface area contributed by atoms with Gasteiger partial charge < -0.3 is 4.98 Å². The molecule has 0 radical (unpaired) electrons. The molecule has 0 bridgehead atoms. The Bertz CT molecular complexity index is 995. The normalized spacial score (nSPS) is 11.1. The smallest absolute Gasteiger partial charge is 0.134 e. The van der Waals surface area contributed by atoms with Gasteiger partial charge in [0.25, 0.3) is 0 Å². The van der Waals surface area contributed by atoms with E-state index in [1.165, 1.54) is 6.07 Å². The second kappa shape index (κ2) is 6.10. The summed E-state index contributed by atoms with van der Waals surface area (Å²) in [6.45, 7) is 0. The summed E-state index contributed by atoms with van der Waals surface area (Å²) >= 11 is 6.22. The number of halogens is 2. The van der Waals surface area contributed by atoms with Crippen molar-refractivity contribution in [3.05, 3.63) is 89.0 Å². The standard InChI is InChI=1S/C20H14ClFN2/c21-15-12-16(22)18(14-9-5-2-6-10-14)20-19(15)23-17(24-20)11-13-7-3-1-4-8-13/h1-10,12H,11H2,(H,23,24). The van der Waals surface area contributed by atoms with Gasteiger partial charge in [0, 0.05) is 12.0 Å². The average molecular weight is 337 g/mol. The van der Waals surface area contributed by atoms with Crippen molar-refractivity contribution in [3.8, 4) is 11.1 Å². The molecule has 0 amide bonds. The van der Waals surface area contributed by atoms with Gasteiger partial charge in [-0.25, -0.2) is 9.37 Å². The number of imidazole rings is 1. The van der Waals surface area contributed by atoms with Crippen molar-refractivity contribution in [2.75, 3.05) is 0 Å². The monoisotopic (exact) mass is 336 g/mol. The zero-order valence-corrected chi connectivity index (χ0v) is 13.5. The maximum absolute atomic E-state index is 14.6. The van der Waals surface area contributed by atoms with Crippen LogP contribution in [0.25, 0.3) is 22.2 Å². The fraction of sp³-hybridized carbons (Fsp3) is 0.0500. The Morgan fingerprint density at radius 3 is 2.33 bits per heavy atom. The van der Waals surface area contributed by atoms with Crippen molar-refractivity contribution in [1.29, 1.82) is 0 Å². The van der Waals surface area contributed by atoms with E-state index in [4.69, 9.17) is 11.6 Å². The number of H-pyrrole nitrogens is 1. The minimum atomic E-state index is -0.353. The summed E-state index contributed by atoms with van der Waals surface area (Å²) in [6, 6.07) is 20.8. The van der Waals surface area contributed by atoms with Crippen LogP contribution in [0.2, 0.25) is 5.02 Å². The van der Waals surface area contributed by atoms with E-state index in [-0.39, 0.29) is 5.82 Å². The Labute approximate surface area is 143 Å². The predicted octanol–water partition coefficient (Wildman–Crippen LogP) is 5.61. The van der Waals surface area contributed by atoms with E-state index in [0.29, 0.717) is 28.0 Å². The quantitative estimate of drug-likeness (QED) is 0.517. The molecule has 0 saturated carbocycles. The number of hydrogen-bond acceptors (Lipinski definition) is 1. The van der Waals surface area contributed by atoms with Crippen LogP contribution in [0.1, 0.15) is 11.4 Å². The van der Waals surface area contributed by atoms with Crippen LogP contribution in [-0.2, 0) is 6.42 Å². The molecule has 2 nitrogen and oxygen atoms in total. The fourth-order valence-corrected chi connectivity index (χ4v) is 3.14. The summed E-state index contributed by atoms with van der Waals surface area (Å²) < 4.78 is 14.6. The van der Waals surface area contributed by atoms with Crippen LogP contribution in [-0.4, -0.2) is 9.97 Å². The lowest BCUT2D eigenvalue weighted by Crippen LogP contribution is -1.90. The maximum Gasteiger partial charge on any atom is 0.134 e. The maximum atomic E-state index is 14.6. The molecule has 4 heteroatoms. The van der Waals surface area contributed by atoms with Crippen LogP contribution < -0.4 is 0 Å². The van der Waals surface area contributed by atoms with Gasteiger partial charge in [-0.1, -0.05) is 72.3 Å². The second-order valence-corrected chi connectivity index (χ2v) is 6.06. The summed E-state index contributed by atoms with van der Waals surface area (Å²) in [6.07, 6.45) is 0.641. The molecule has 4 aromatic rings. The third kappa shape index (κ3) is 2.68. The third-order valence-corrected chi connectivity index (χ3v) is 4.29. The first-order chi connectivity index (χ1) is 11.7. The Balaban J connectivity index is 1.88. The highest BCUT2D eigenvalue weighted by Crippen LogP contribution is 2.34. The van der Waals surface area contributed by atoms with Crippen LogP contribution in [0.5, 0.6) is 0 Å². The minimum Gasteiger partial charge on any atom is -0.341 e. The molecule has 1 N–H and O–H groups in total. The molecule has 3 aromatic carbocycles. The van der Waals surface area contributed by atoms with Crippen LogP contribution in [0, 0.1) is 5.82 Å². The fourth-order valence-electron chi connectivity index (χ4n) is 2.91. The van der Waals surface area contributed by atoms with Crippen molar-refractivity contribution in [2.45, 2.75) is 6.42 Å². The summed E-state index contributed by atoms with van der Waals surface area (Å²) in [5.74, 6) is 0.412. The first kappa shape index (κ1) is 14.9. The number of nitrogens with one attached hydrogen (secondary N) is 1. The molecule has 1 aromatic heterocycles. The minimum absolute atomic E-state index is 0.317. The molecule has 118 valence electrons. The molecule has 0 saturated heterocycles. The first-order valence-corrected chi connectivity index (χ1v) is 8.06. The predicted molar refractivity (Wildman–Crippen MR) is 95.7 cm³/mol. The van der Waals surface area contributed by atoms with Crippen LogP contribution in [0.3, 0.4) is 0 Å². The second-order valence-electron chi connectivity index (χ2n) is 5.65. The molecular weight excluding hydrogens is 323 g/mol. The molecule has 0 unspecified atom stereocenters. The number of rotatable bonds is 3. The number of nitrogens with zero attached hydrogens (tertiary/aromatic N) is 1. The van der Waals surface area contributed by atoms with E-state index < -0.39 is 0 Å². The molecule has 4 rings (SSSR count). The summed E-state index contributed by atoms with van der Waals surface area (Å²) in [4.78, 5) is 7.84. The Morgan fingerprint density at radius 2 is 1.62 bits per heavy atom. The number of aromatic nitrogens is 2. The highest BCUT2D eigenvalue weighted by Gasteiger charge is 2.17. The van der Waals surface area contributed by atoms with Gasteiger partial charge in [0.2, 0.25) is 0 Å². The van der Waals surface area contributed by atoms with Crippen LogP contribution >= 0.6 is 11.6 Å². The lowest BCUT2D eigenvalue weighted by atomic mass is 10.0. The lowest BCUT2D eigenvalue weighted by Gasteiger charge is -2.06. The average Bonchev–Trinajstić information content (AvgIpc) is 3.00. The number of hydrogen-bond donors (Lipinski definition) is 1. The zero-order valence-electron chi connectivity index (χ0n) is 12.8. The highest BCUT2D eigenvalue weighted by molar-refractivity contribution is 6.35. The summed E-state index contributed by atoms with van der Waals surface area (Å²) in [5.41, 5.74) is 3.67. The van der Waals surface area contributed by atoms with Crippen molar-refractivity contribution in [3.63, 3.8) is 0 Å². The molecule has 0 aliphatic heterocycles. The van der Waals surface area contributed by atoms with Gasteiger partial charge in [0.1, 0.15) is 17.2 Å². The van der Waals surface area contributed by atoms with Crippen molar-refractivity contribution in [1.82, 2.24) is 9.97 Å². The highest BCUT2D eigenvalue weighted by atomic mass is 35.5. The lowest BCUT2D eigenvalue weighted by molar-refractivity contribution is 0.633. The van der Waals surface area contributed by atoms with Gasteiger partial charge in [-0.15, -0.1) is 0 Å². The number of benzene rings is 3. The molecule has 0 aliphatic rings. The molecule has 24 heavy (non-hydrogen) atoms. The Morgan fingerprint density at radius 1 is 0.958 bits per heavy atom. The van der Waals surface area contributed by atoms with E-state index in [2.05, 4.69) is 9.97 Å².